The molecule has 1 heterocycles. The third kappa shape index (κ3) is 2.74. The molecule has 2 aromatic rings. The molecule has 134 valence electrons. The van der Waals surface area contributed by atoms with Crippen molar-refractivity contribution in [2.75, 3.05) is 14.2 Å². The molecule has 0 fully saturated rings. The van der Waals surface area contributed by atoms with E-state index in [1.54, 1.807) is 54.6 Å². The summed E-state index contributed by atoms with van der Waals surface area (Å²) < 4.78 is 15.3. The molecule has 1 aliphatic heterocycles. The molecule has 2 atom stereocenters. The predicted molar refractivity (Wildman–Crippen MR) is 91.7 cm³/mol. The average Bonchev–Trinajstić information content (AvgIpc) is 3.02. The van der Waals surface area contributed by atoms with E-state index >= 15 is 0 Å². The molecular weight excluding hydrogens is 336 g/mol. The summed E-state index contributed by atoms with van der Waals surface area (Å²) in [6, 6.07) is 17.4. The summed E-state index contributed by atoms with van der Waals surface area (Å²) in [5.74, 6) is -2.09. The minimum atomic E-state index is -1.92. The van der Waals surface area contributed by atoms with Gasteiger partial charge >= 0.3 is 11.9 Å². The van der Waals surface area contributed by atoms with E-state index < -0.39 is 23.6 Å². The Labute approximate surface area is 150 Å². The number of hydrogen-bond acceptors (Lipinski definition) is 6. The van der Waals surface area contributed by atoms with Crippen molar-refractivity contribution in [3.63, 3.8) is 0 Å². The van der Waals surface area contributed by atoms with Crippen LogP contribution in [0.2, 0.25) is 0 Å². The monoisotopic (exact) mass is 354 g/mol. The molecular formula is C20H18O6. The Kier molecular flexibility index (Phi) is 4.77. The first-order valence-electron chi connectivity index (χ1n) is 7.95. The van der Waals surface area contributed by atoms with Crippen LogP contribution in [0.5, 0.6) is 0 Å². The minimum absolute atomic E-state index is 0.285. The Bertz CT molecular complexity index is 843. The lowest BCUT2D eigenvalue weighted by molar-refractivity contribution is -0.142. The summed E-state index contributed by atoms with van der Waals surface area (Å²) in [6.07, 6.45) is -1.02. The van der Waals surface area contributed by atoms with E-state index in [0.29, 0.717) is 11.1 Å². The molecule has 0 saturated carbocycles. The lowest BCUT2D eigenvalue weighted by atomic mass is 9.79. The van der Waals surface area contributed by atoms with Crippen LogP contribution in [-0.2, 0) is 29.4 Å². The Morgan fingerprint density at radius 2 is 1.46 bits per heavy atom. The zero-order valence-corrected chi connectivity index (χ0v) is 14.3. The second-order valence-corrected chi connectivity index (χ2v) is 5.73. The normalized spacial score (nSPS) is 21.9. The van der Waals surface area contributed by atoms with Gasteiger partial charge < -0.3 is 19.3 Å². The zero-order chi connectivity index (χ0) is 18.7. The molecule has 0 aromatic heterocycles. The number of ether oxygens (including phenoxy) is 3. The van der Waals surface area contributed by atoms with Crippen molar-refractivity contribution in [2.24, 2.45) is 0 Å². The van der Waals surface area contributed by atoms with Crippen molar-refractivity contribution in [1.82, 2.24) is 0 Å². The molecule has 2 unspecified atom stereocenters. The van der Waals surface area contributed by atoms with Crippen LogP contribution in [0, 0.1) is 0 Å². The Morgan fingerprint density at radius 1 is 0.923 bits per heavy atom. The van der Waals surface area contributed by atoms with Gasteiger partial charge in [0.15, 0.2) is 11.7 Å². The molecule has 0 aliphatic carbocycles. The van der Waals surface area contributed by atoms with E-state index in [9.17, 15) is 14.7 Å². The molecule has 1 N–H and O–H groups in total. The van der Waals surface area contributed by atoms with Crippen LogP contribution in [0.4, 0.5) is 0 Å². The highest BCUT2D eigenvalue weighted by Crippen LogP contribution is 2.51. The SMILES string of the molecule is COC(=O)C1=C(C(=O)OC)C(O)(c2ccccc2)C(c2ccccc2)O1. The quantitative estimate of drug-likeness (QED) is 0.848. The molecule has 6 nitrogen and oxygen atoms in total. The van der Waals surface area contributed by atoms with Crippen LogP contribution < -0.4 is 0 Å². The first-order valence-corrected chi connectivity index (χ1v) is 7.95. The molecule has 2 aromatic carbocycles. The van der Waals surface area contributed by atoms with E-state index in [2.05, 4.69) is 0 Å². The van der Waals surface area contributed by atoms with Crippen LogP contribution in [0.15, 0.2) is 72.0 Å². The molecule has 26 heavy (non-hydrogen) atoms. The lowest BCUT2D eigenvalue weighted by Crippen LogP contribution is -2.36. The van der Waals surface area contributed by atoms with Crippen LogP contribution in [0.25, 0.3) is 0 Å². The highest BCUT2D eigenvalue weighted by Gasteiger charge is 2.56. The number of carbonyl (C=O) groups is 2. The van der Waals surface area contributed by atoms with Gasteiger partial charge in [-0.05, 0) is 11.1 Å². The van der Waals surface area contributed by atoms with E-state index in [1.165, 1.54) is 14.2 Å². The number of esters is 2. The van der Waals surface area contributed by atoms with Gasteiger partial charge in [0, 0.05) is 0 Å². The van der Waals surface area contributed by atoms with E-state index in [-0.39, 0.29) is 11.3 Å². The number of methoxy groups -OCH3 is 2. The largest absolute Gasteiger partial charge is 0.474 e. The van der Waals surface area contributed by atoms with Crippen LogP contribution >= 0.6 is 0 Å². The third-order valence-electron chi connectivity index (χ3n) is 4.30. The van der Waals surface area contributed by atoms with Crippen LogP contribution in [0.3, 0.4) is 0 Å². The summed E-state index contributed by atoms with van der Waals surface area (Å²) in [6.45, 7) is 0. The molecule has 0 spiro atoms. The van der Waals surface area contributed by atoms with E-state index in [4.69, 9.17) is 14.2 Å². The molecule has 3 rings (SSSR count). The number of rotatable bonds is 4. The fourth-order valence-electron chi connectivity index (χ4n) is 3.08. The van der Waals surface area contributed by atoms with Gasteiger partial charge in [-0.3, -0.25) is 0 Å². The predicted octanol–water partition coefficient (Wildman–Crippen LogP) is 2.25. The number of benzene rings is 2. The van der Waals surface area contributed by atoms with Crippen LogP contribution in [-0.4, -0.2) is 31.3 Å². The second kappa shape index (κ2) is 7.01. The maximum atomic E-state index is 12.5. The van der Waals surface area contributed by atoms with Crippen LogP contribution in [0.1, 0.15) is 17.2 Å². The van der Waals surface area contributed by atoms with Gasteiger partial charge in [-0.15, -0.1) is 0 Å². The fourth-order valence-corrected chi connectivity index (χ4v) is 3.08. The van der Waals surface area contributed by atoms with Crippen molar-refractivity contribution in [1.29, 1.82) is 0 Å². The summed E-state index contributed by atoms with van der Waals surface area (Å²) in [5, 5.41) is 11.7. The maximum absolute atomic E-state index is 12.5. The third-order valence-corrected chi connectivity index (χ3v) is 4.30. The van der Waals surface area contributed by atoms with Crippen molar-refractivity contribution in [3.8, 4) is 0 Å². The second-order valence-electron chi connectivity index (χ2n) is 5.73. The first kappa shape index (κ1) is 17.7. The highest BCUT2D eigenvalue weighted by atomic mass is 16.6. The Hall–Kier alpha value is -3.12. The highest BCUT2D eigenvalue weighted by molar-refractivity contribution is 6.01. The first-order chi connectivity index (χ1) is 12.5. The molecule has 0 saturated heterocycles. The maximum Gasteiger partial charge on any atom is 0.374 e. The van der Waals surface area contributed by atoms with Gasteiger partial charge in [-0.2, -0.15) is 0 Å². The van der Waals surface area contributed by atoms with Crippen molar-refractivity contribution in [2.45, 2.75) is 11.7 Å². The minimum Gasteiger partial charge on any atom is -0.474 e. The van der Waals surface area contributed by atoms with Crippen molar-refractivity contribution >= 4 is 11.9 Å². The topological polar surface area (TPSA) is 82.1 Å². The standard InChI is InChI=1S/C20H18O6/c1-24-18(21)15-16(19(22)25-2)26-17(13-9-5-3-6-10-13)20(15,23)14-11-7-4-8-12-14/h3-12,17,23H,1-2H3. The number of aliphatic hydroxyl groups is 1. The van der Waals surface area contributed by atoms with Gasteiger partial charge in [0.25, 0.3) is 0 Å². The lowest BCUT2D eigenvalue weighted by Gasteiger charge is -2.30. The van der Waals surface area contributed by atoms with Gasteiger partial charge in [0.2, 0.25) is 5.76 Å². The van der Waals surface area contributed by atoms with Gasteiger partial charge in [-0.1, -0.05) is 60.7 Å². The summed E-state index contributed by atoms with van der Waals surface area (Å²) in [4.78, 5) is 24.7. The molecule has 0 bridgehead atoms. The fraction of sp³-hybridized carbons (Fsp3) is 0.200. The Morgan fingerprint density at radius 3 is 2.00 bits per heavy atom. The smallest absolute Gasteiger partial charge is 0.374 e. The number of carbonyl (C=O) groups excluding carboxylic acids is 2. The average molecular weight is 354 g/mol. The van der Waals surface area contributed by atoms with Gasteiger partial charge in [-0.25, -0.2) is 9.59 Å². The summed E-state index contributed by atoms with van der Waals surface area (Å²) in [5.41, 5.74) is -1.21. The van der Waals surface area contributed by atoms with Gasteiger partial charge in [0.1, 0.15) is 5.57 Å². The molecule has 1 aliphatic rings. The summed E-state index contributed by atoms with van der Waals surface area (Å²) in [7, 11) is 2.34. The van der Waals surface area contributed by atoms with Crippen molar-refractivity contribution < 1.29 is 28.9 Å². The van der Waals surface area contributed by atoms with Crippen molar-refractivity contribution in [3.05, 3.63) is 83.1 Å². The zero-order valence-electron chi connectivity index (χ0n) is 14.3. The van der Waals surface area contributed by atoms with E-state index in [0.717, 1.165) is 0 Å². The van der Waals surface area contributed by atoms with Gasteiger partial charge in [0.05, 0.1) is 14.2 Å². The number of hydrogen-bond donors (Lipinski definition) is 1. The molecule has 6 heteroatoms. The van der Waals surface area contributed by atoms with E-state index in [1.807, 2.05) is 6.07 Å². The Balaban J connectivity index is 2.27. The molecule has 0 amide bonds. The molecule has 0 radical (unpaired) electrons. The summed E-state index contributed by atoms with van der Waals surface area (Å²) >= 11 is 0.